The fourth-order valence-electron chi connectivity index (χ4n) is 3.68. The minimum Gasteiger partial charge on any atom is -0.473 e. The highest BCUT2D eigenvalue weighted by Gasteiger charge is 2.29. The van der Waals surface area contributed by atoms with Crippen molar-refractivity contribution < 1.29 is 24.6 Å². The Morgan fingerprint density at radius 3 is 2.00 bits per heavy atom. The lowest BCUT2D eigenvalue weighted by molar-refractivity contribution is -0.159. The molecule has 2 aliphatic rings. The Morgan fingerprint density at radius 1 is 0.966 bits per heavy atom. The molecule has 0 atom stereocenters. The van der Waals surface area contributed by atoms with Crippen LogP contribution in [0.1, 0.15) is 30.1 Å². The number of nitrogens with zero attached hydrogens (tertiary/aromatic N) is 3. The van der Waals surface area contributed by atoms with E-state index in [-0.39, 0.29) is 5.91 Å². The minimum atomic E-state index is -1.82. The first-order valence-electron chi connectivity index (χ1n) is 9.79. The molecule has 0 aliphatic carbocycles. The second-order valence-electron chi connectivity index (χ2n) is 7.08. The van der Waals surface area contributed by atoms with Crippen molar-refractivity contribution in [2.45, 2.75) is 25.8 Å². The molecule has 1 aromatic rings. The number of carboxylic acids is 2. The highest BCUT2D eigenvalue weighted by Crippen LogP contribution is 2.22. The van der Waals surface area contributed by atoms with Crippen LogP contribution in [-0.2, 0) is 9.59 Å². The quantitative estimate of drug-likeness (QED) is 0.711. The number of halogens is 1. The standard InChI is InChI=1S/C18H26ClN3O.C2H2O4/c1-2-20-11-13-21(14-12-20)15-7-9-22(10-8-15)18(23)16-5-3-4-6-17(16)19;3-1(4)2(5)6/h3-6,15H,2,7-14H2,1H3;(H,3,4)(H,5,6). The van der Waals surface area contributed by atoms with Crippen molar-refractivity contribution >= 4 is 29.4 Å². The van der Waals surface area contributed by atoms with E-state index in [9.17, 15) is 4.79 Å². The molecule has 2 heterocycles. The number of amides is 1. The van der Waals surface area contributed by atoms with E-state index in [0.717, 1.165) is 45.6 Å². The average Bonchev–Trinajstić information content (AvgIpc) is 2.74. The number of likely N-dealkylation sites (N-methyl/N-ethyl adjacent to an activating group) is 1. The summed E-state index contributed by atoms with van der Waals surface area (Å²) in [7, 11) is 0. The maximum absolute atomic E-state index is 12.6. The molecule has 2 saturated heterocycles. The van der Waals surface area contributed by atoms with Gasteiger partial charge in [-0.25, -0.2) is 9.59 Å². The lowest BCUT2D eigenvalue weighted by atomic mass is 10.0. The highest BCUT2D eigenvalue weighted by atomic mass is 35.5. The Labute approximate surface area is 175 Å². The third-order valence-corrected chi connectivity index (χ3v) is 5.74. The molecule has 2 aliphatic heterocycles. The maximum atomic E-state index is 12.6. The number of benzene rings is 1. The van der Waals surface area contributed by atoms with Gasteiger partial charge in [-0.1, -0.05) is 30.7 Å². The molecule has 0 spiro atoms. The topological polar surface area (TPSA) is 101 Å². The molecule has 2 N–H and O–H groups in total. The van der Waals surface area contributed by atoms with E-state index in [1.54, 1.807) is 6.07 Å². The molecule has 1 amide bonds. The zero-order chi connectivity index (χ0) is 21.4. The van der Waals surface area contributed by atoms with Gasteiger partial charge in [0.05, 0.1) is 10.6 Å². The van der Waals surface area contributed by atoms with Gasteiger partial charge in [-0.3, -0.25) is 9.69 Å². The van der Waals surface area contributed by atoms with Gasteiger partial charge < -0.3 is 20.0 Å². The van der Waals surface area contributed by atoms with Crippen molar-refractivity contribution in [1.29, 1.82) is 0 Å². The Balaban J connectivity index is 0.000000438. The van der Waals surface area contributed by atoms with Crippen molar-refractivity contribution in [3.05, 3.63) is 34.9 Å². The number of hydrogen-bond acceptors (Lipinski definition) is 5. The number of aliphatic carboxylic acids is 2. The van der Waals surface area contributed by atoms with Gasteiger partial charge in [0.2, 0.25) is 0 Å². The first kappa shape index (κ1) is 23.1. The summed E-state index contributed by atoms with van der Waals surface area (Å²) in [5.41, 5.74) is 0.629. The molecule has 0 bridgehead atoms. The number of carboxylic acid groups (broad SMARTS) is 2. The molecule has 9 heteroatoms. The number of rotatable bonds is 3. The van der Waals surface area contributed by atoms with Crippen LogP contribution >= 0.6 is 11.6 Å². The summed E-state index contributed by atoms with van der Waals surface area (Å²) in [5.74, 6) is -3.57. The number of hydrogen-bond donors (Lipinski definition) is 2. The summed E-state index contributed by atoms with van der Waals surface area (Å²) in [4.78, 5) is 37.9. The molecule has 2 fully saturated rings. The van der Waals surface area contributed by atoms with E-state index >= 15 is 0 Å². The van der Waals surface area contributed by atoms with Crippen molar-refractivity contribution in [2.24, 2.45) is 0 Å². The van der Waals surface area contributed by atoms with Crippen molar-refractivity contribution in [3.63, 3.8) is 0 Å². The predicted octanol–water partition coefficient (Wildman–Crippen LogP) is 1.74. The fourth-order valence-corrected chi connectivity index (χ4v) is 3.90. The molecule has 0 saturated carbocycles. The Morgan fingerprint density at radius 2 is 1.52 bits per heavy atom. The number of piperazine rings is 1. The molecule has 1 aromatic carbocycles. The van der Waals surface area contributed by atoms with Crippen LogP contribution < -0.4 is 0 Å². The molecule has 0 aromatic heterocycles. The fraction of sp³-hybridized carbons (Fsp3) is 0.550. The zero-order valence-electron chi connectivity index (χ0n) is 16.6. The zero-order valence-corrected chi connectivity index (χ0v) is 17.3. The number of carbonyl (C=O) groups excluding carboxylic acids is 1. The molecule has 29 heavy (non-hydrogen) atoms. The second kappa shape index (κ2) is 11.1. The number of likely N-dealkylation sites (tertiary alicyclic amines) is 1. The lowest BCUT2D eigenvalue weighted by Gasteiger charge is -2.42. The van der Waals surface area contributed by atoms with Crippen molar-refractivity contribution in [1.82, 2.24) is 14.7 Å². The van der Waals surface area contributed by atoms with Crippen LogP contribution in [0.2, 0.25) is 5.02 Å². The van der Waals surface area contributed by atoms with Crippen LogP contribution in [0, 0.1) is 0 Å². The third kappa shape index (κ3) is 6.69. The van der Waals surface area contributed by atoms with Crippen molar-refractivity contribution in [3.8, 4) is 0 Å². The van der Waals surface area contributed by atoms with Crippen LogP contribution in [-0.4, -0.2) is 94.6 Å². The SMILES string of the molecule is CCN1CCN(C2CCN(C(=O)c3ccccc3Cl)CC2)CC1.O=C(O)C(=O)O. The van der Waals surface area contributed by atoms with Crippen LogP contribution in [0.25, 0.3) is 0 Å². The Hall–Kier alpha value is -2.16. The van der Waals surface area contributed by atoms with Gasteiger partial charge in [0.15, 0.2) is 0 Å². The van der Waals surface area contributed by atoms with Crippen LogP contribution in [0.5, 0.6) is 0 Å². The predicted molar refractivity (Wildman–Crippen MR) is 109 cm³/mol. The van der Waals surface area contributed by atoms with Gasteiger partial charge in [0, 0.05) is 45.3 Å². The van der Waals surface area contributed by atoms with E-state index in [0.29, 0.717) is 16.6 Å². The van der Waals surface area contributed by atoms with E-state index in [1.165, 1.54) is 13.1 Å². The third-order valence-electron chi connectivity index (χ3n) is 5.41. The van der Waals surface area contributed by atoms with Gasteiger partial charge in [-0.15, -0.1) is 0 Å². The molecular weight excluding hydrogens is 398 g/mol. The summed E-state index contributed by atoms with van der Waals surface area (Å²) >= 11 is 6.16. The van der Waals surface area contributed by atoms with Gasteiger partial charge in [-0.2, -0.15) is 0 Å². The minimum absolute atomic E-state index is 0.0739. The first-order chi connectivity index (χ1) is 13.8. The molecule has 0 radical (unpaired) electrons. The lowest BCUT2D eigenvalue weighted by Crippen LogP contribution is -2.53. The summed E-state index contributed by atoms with van der Waals surface area (Å²) < 4.78 is 0. The Bertz CT molecular complexity index is 702. The molecule has 8 nitrogen and oxygen atoms in total. The van der Waals surface area contributed by atoms with Crippen LogP contribution in [0.3, 0.4) is 0 Å². The Kier molecular flexibility index (Phi) is 8.88. The normalized spacial score (nSPS) is 18.6. The number of piperidine rings is 1. The monoisotopic (exact) mass is 425 g/mol. The van der Waals surface area contributed by atoms with Gasteiger partial charge in [0.25, 0.3) is 5.91 Å². The van der Waals surface area contributed by atoms with Gasteiger partial charge in [0.1, 0.15) is 0 Å². The molecule has 0 unspecified atom stereocenters. The summed E-state index contributed by atoms with van der Waals surface area (Å²) in [6, 6.07) is 7.97. The summed E-state index contributed by atoms with van der Waals surface area (Å²) in [6.45, 7) is 9.73. The summed E-state index contributed by atoms with van der Waals surface area (Å²) in [6.07, 6.45) is 2.14. The van der Waals surface area contributed by atoms with E-state index in [1.807, 2.05) is 23.1 Å². The smallest absolute Gasteiger partial charge is 0.414 e. The second-order valence-corrected chi connectivity index (χ2v) is 7.49. The van der Waals surface area contributed by atoms with Crippen LogP contribution in [0.15, 0.2) is 24.3 Å². The average molecular weight is 426 g/mol. The summed E-state index contributed by atoms with van der Waals surface area (Å²) in [5, 5.41) is 15.3. The van der Waals surface area contributed by atoms with Gasteiger partial charge in [-0.05, 0) is 31.5 Å². The first-order valence-corrected chi connectivity index (χ1v) is 10.2. The van der Waals surface area contributed by atoms with Crippen molar-refractivity contribution in [2.75, 3.05) is 45.8 Å². The highest BCUT2D eigenvalue weighted by molar-refractivity contribution is 6.33. The molecule has 3 rings (SSSR count). The van der Waals surface area contributed by atoms with E-state index in [2.05, 4.69) is 16.7 Å². The largest absolute Gasteiger partial charge is 0.473 e. The van der Waals surface area contributed by atoms with E-state index in [4.69, 9.17) is 31.4 Å². The van der Waals surface area contributed by atoms with E-state index < -0.39 is 11.9 Å². The van der Waals surface area contributed by atoms with Crippen LogP contribution in [0.4, 0.5) is 0 Å². The molecular formula is C20H28ClN3O5. The van der Waals surface area contributed by atoms with Gasteiger partial charge >= 0.3 is 11.9 Å². The molecule has 160 valence electrons. The maximum Gasteiger partial charge on any atom is 0.414 e. The number of carbonyl (C=O) groups is 3.